The van der Waals surface area contributed by atoms with Crippen LogP contribution in [0.15, 0.2) is 71.9 Å². The number of carbonyl (C=O) groups is 1. The van der Waals surface area contributed by atoms with Crippen LogP contribution in [0.4, 0.5) is 5.82 Å². The van der Waals surface area contributed by atoms with Gasteiger partial charge in [-0.1, -0.05) is 97.9 Å². The molecule has 2 aromatic carbocycles. The van der Waals surface area contributed by atoms with Gasteiger partial charge in [-0.25, -0.2) is 9.97 Å². The third-order valence-electron chi connectivity index (χ3n) is 5.46. The minimum atomic E-state index is -0.0334. The molecule has 0 spiro atoms. The molecule has 0 aliphatic rings. The summed E-state index contributed by atoms with van der Waals surface area (Å²) in [6, 6.07) is 22.6. The summed E-state index contributed by atoms with van der Waals surface area (Å²) < 4.78 is 0. The maximum atomic E-state index is 12.5. The molecule has 1 aromatic heterocycles. The molecule has 0 saturated carbocycles. The second-order valence-corrected chi connectivity index (χ2v) is 9.45. The molecule has 0 saturated heterocycles. The zero-order chi connectivity index (χ0) is 24.2. The van der Waals surface area contributed by atoms with Gasteiger partial charge in [0.05, 0.1) is 5.75 Å². The molecular formula is C27H33ClN4OS. The fraction of sp³-hybridized carbons (Fsp3) is 0.370. The van der Waals surface area contributed by atoms with E-state index < -0.39 is 0 Å². The van der Waals surface area contributed by atoms with E-state index in [9.17, 15) is 4.79 Å². The first-order chi connectivity index (χ1) is 16.6. The average molecular weight is 497 g/mol. The van der Waals surface area contributed by atoms with Gasteiger partial charge in [-0.2, -0.15) is 0 Å². The molecule has 3 aromatic rings. The number of halogens is 1. The molecule has 1 N–H and O–H groups in total. The zero-order valence-corrected chi connectivity index (χ0v) is 21.5. The molecular weight excluding hydrogens is 464 g/mol. The van der Waals surface area contributed by atoms with Crippen molar-refractivity contribution in [3.8, 4) is 0 Å². The number of amides is 1. The van der Waals surface area contributed by atoms with Crippen LogP contribution in [0.5, 0.6) is 0 Å². The number of aromatic nitrogens is 2. The predicted molar refractivity (Wildman–Crippen MR) is 143 cm³/mol. The molecule has 0 aliphatic carbocycles. The van der Waals surface area contributed by atoms with E-state index in [0.717, 1.165) is 38.2 Å². The molecule has 0 radical (unpaired) electrons. The van der Waals surface area contributed by atoms with Crippen LogP contribution in [0.3, 0.4) is 0 Å². The first kappa shape index (κ1) is 26.0. The van der Waals surface area contributed by atoms with Gasteiger partial charge in [-0.15, -0.1) is 0 Å². The highest BCUT2D eigenvalue weighted by Gasteiger charge is 2.15. The minimum absolute atomic E-state index is 0.0334. The lowest BCUT2D eigenvalue weighted by Crippen LogP contribution is -2.28. The number of benzene rings is 2. The summed E-state index contributed by atoms with van der Waals surface area (Å²) in [5.41, 5.74) is 2.50. The number of hydrogen-bond donors (Lipinski definition) is 1. The minimum Gasteiger partial charge on any atom is -0.356 e. The van der Waals surface area contributed by atoms with Gasteiger partial charge >= 0.3 is 0 Å². The van der Waals surface area contributed by atoms with E-state index in [1.165, 1.54) is 22.9 Å². The summed E-state index contributed by atoms with van der Waals surface area (Å²) in [5.74, 6) is 1.27. The molecule has 3 rings (SSSR count). The summed E-state index contributed by atoms with van der Waals surface area (Å²) in [6.45, 7) is 6.71. The van der Waals surface area contributed by atoms with E-state index in [4.69, 9.17) is 11.6 Å². The van der Waals surface area contributed by atoms with Crippen molar-refractivity contribution in [2.24, 2.45) is 0 Å². The largest absolute Gasteiger partial charge is 0.356 e. The van der Waals surface area contributed by atoms with E-state index in [-0.39, 0.29) is 17.6 Å². The van der Waals surface area contributed by atoms with Crippen LogP contribution in [-0.4, -0.2) is 41.3 Å². The van der Waals surface area contributed by atoms with Crippen LogP contribution in [-0.2, 0) is 4.79 Å². The number of nitrogens with zero attached hydrogens (tertiary/aromatic N) is 3. The van der Waals surface area contributed by atoms with E-state index in [2.05, 4.69) is 82.6 Å². The number of anilines is 1. The second-order valence-electron chi connectivity index (χ2n) is 8.12. The van der Waals surface area contributed by atoms with Gasteiger partial charge in [0, 0.05) is 31.6 Å². The van der Waals surface area contributed by atoms with E-state index >= 15 is 0 Å². The lowest BCUT2D eigenvalue weighted by molar-refractivity contribution is -0.118. The van der Waals surface area contributed by atoms with Crippen LogP contribution in [0.2, 0.25) is 5.15 Å². The molecule has 5 nitrogen and oxygen atoms in total. The number of hydrogen-bond acceptors (Lipinski definition) is 5. The standard InChI is InChI=1S/C27H33ClN4OS/c1-3-17-32(18-4-2)25-19-24(28)30-27(31-25)34-20-26(33)29-16-15-23(21-11-7-5-8-12-21)22-13-9-6-10-14-22/h5-14,19,23H,3-4,15-18,20H2,1-2H3,(H,29,33). The molecule has 1 amide bonds. The second kappa shape index (κ2) is 14.0. The quantitative estimate of drug-likeness (QED) is 0.174. The fourth-order valence-electron chi connectivity index (χ4n) is 3.93. The third-order valence-corrected chi connectivity index (χ3v) is 6.50. The molecule has 0 aliphatic heterocycles. The molecule has 0 fully saturated rings. The predicted octanol–water partition coefficient (Wildman–Crippen LogP) is 6.19. The SMILES string of the molecule is CCCN(CCC)c1cc(Cl)nc(SCC(=O)NCCC(c2ccccc2)c2ccccc2)n1. The first-order valence-electron chi connectivity index (χ1n) is 11.9. The Labute approximate surface area is 212 Å². The van der Waals surface area contributed by atoms with Crippen LogP contribution in [0, 0.1) is 0 Å². The maximum Gasteiger partial charge on any atom is 0.230 e. The Morgan fingerprint density at radius 3 is 2.12 bits per heavy atom. The molecule has 0 bridgehead atoms. The Bertz CT molecular complexity index is 974. The Morgan fingerprint density at radius 1 is 0.971 bits per heavy atom. The highest BCUT2D eigenvalue weighted by molar-refractivity contribution is 7.99. The van der Waals surface area contributed by atoms with Crippen molar-refractivity contribution in [2.75, 3.05) is 30.3 Å². The fourth-order valence-corrected chi connectivity index (χ4v) is 4.84. The van der Waals surface area contributed by atoms with Crippen molar-refractivity contribution in [3.63, 3.8) is 0 Å². The molecule has 7 heteroatoms. The number of carbonyl (C=O) groups excluding carboxylic acids is 1. The van der Waals surface area contributed by atoms with E-state index in [1.54, 1.807) is 6.07 Å². The van der Waals surface area contributed by atoms with Gasteiger partial charge in [0.15, 0.2) is 5.16 Å². The van der Waals surface area contributed by atoms with Gasteiger partial charge in [-0.3, -0.25) is 4.79 Å². The van der Waals surface area contributed by atoms with Crippen molar-refractivity contribution in [1.82, 2.24) is 15.3 Å². The smallest absolute Gasteiger partial charge is 0.230 e. The van der Waals surface area contributed by atoms with Gasteiger partial charge in [0.1, 0.15) is 11.0 Å². The van der Waals surface area contributed by atoms with Crippen molar-refractivity contribution >= 4 is 35.1 Å². The molecule has 34 heavy (non-hydrogen) atoms. The monoisotopic (exact) mass is 496 g/mol. The summed E-state index contributed by atoms with van der Waals surface area (Å²) >= 11 is 7.57. The first-order valence-corrected chi connectivity index (χ1v) is 13.3. The Morgan fingerprint density at radius 2 is 1.56 bits per heavy atom. The number of nitrogens with one attached hydrogen (secondary N) is 1. The van der Waals surface area contributed by atoms with Gasteiger partial charge in [0.2, 0.25) is 5.91 Å². The highest BCUT2D eigenvalue weighted by atomic mass is 35.5. The van der Waals surface area contributed by atoms with Crippen LogP contribution in [0.25, 0.3) is 0 Å². The Balaban J connectivity index is 1.56. The Hall–Kier alpha value is -2.57. The van der Waals surface area contributed by atoms with Crippen molar-refractivity contribution < 1.29 is 4.79 Å². The van der Waals surface area contributed by atoms with Crippen molar-refractivity contribution in [1.29, 1.82) is 0 Å². The van der Waals surface area contributed by atoms with E-state index in [1.807, 2.05) is 12.1 Å². The average Bonchev–Trinajstić information content (AvgIpc) is 2.86. The van der Waals surface area contributed by atoms with Crippen molar-refractivity contribution in [2.45, 2.75) is 44.2 Å². The number of thioether (sulfide) groups is 1. The molecule has 180 valence electrons. The lowest BCUT2D eigenvalue weighted by atomic mass is 9.88. The van der Waals surface area contributed by atoms with Gasteiger partial charge in [0.25, 0.3) is 0 Å². The molecule has 1 heterocycles. The third kappa shape index (κ3) is 8.03. The van der Waals surface area contributed by atoms with Crippen LogP contribution >= 0.6 is 23.4 Å². The summed E-state index contributed by atoms with van der Waals surface area (Å²) in [4.78, 5) is 23.7. The summed E-state index contributed by atoms with van der Waals surface area (Å²) in [6.07, 6.45) is 2.88. The van der Waals surface area contributed by atoms with Crippen LogP contribution in [0.1, 0.15) is 50.2 Å². The maximum absolute atomic E-state index is 12.5. The normalized spacial score (nSPS) is 10.9. The van der Waals surface area contributed by atoms with Crippen molar-refractivity contribution in [3.05, 3.63) is 83.0 Å². The Kier molecular flexibility index (Phi) is 10.7. The summed E-state index contributed by atoms with van der Waals surface area (Å²) in [5, 5.41) is 3.99. The highest BCUT2D eigenvalue weighted by Crippen LogP contribution is 2.27. The number of rotatable bonds is 13. The van der Waals surface area contributed by atoms with Crippen LogP contribution < -0.4 is 10.2 Å². The summed E-state index contributed by atoms with van der Waals surface area (Å²) in [7, 11) is 0. The molecule has 0 unspecified atom stereocenters. The van der Waals surface area contributed by atoms with Gasteiger partial charge in [-0.05, 0) is 30.4 Å². The zero-order valence-electron chi connectivity index (χ0n) is 19.9. The van der Waals surface area contributed by atoms with Gasteiger partial charge < -0.3 is 10.2 Å². The lowest BCUT2D eigenvalue weighted by Gasteiger charge is -2.22. The van der Waals surface area contributed by atoms with E-state index in [0.29, 0.717) is 16.9 Å². The topological polar surface area (TPSA) is 58.1 Å². The molecule has 0 atom stereocenters.